The molecule has 0 aliphatic rings. The molecule has 1 atom stereocenters. The number of esters is 1. The highest BCUT2D eigenvalue weighted by Crippen LogP contribution is 2.15. The van der Waals surface area contributed by atoms with Crippen molar-refractivity contribution in [3.05, 3.63) is 24.0 Å². The molecule has 0 fully saturated rings. The molecule has 1 heterocycles. The van der Waals surface area contributed by atoms with Crippen LogP contribution >= 0.6 is 0 Å². The Morgan fingerprint density at radius 3 is 2.85 bits per heavy atom. The number of hydrogen-bond acceptors (Lipinski definition) is 3. The van der Waals surface area contributed by atoms with Gasteiger partial charge in [0.2, 0.25) is 0 Å². The Hall–Kier alpha value is -1.29. The first kappa shape index (κ1) is 9.80. The van der Waals surface area contributed by atoms with E-state index in [1.165, 1.54) is 7.11 Å². The Labute approximate surface area is 77.3 Å². The van der Waals surface area contributed by atoms with Gasteiger partial charge in [0, 0.05) is 25.5 Å². The van der Waals surface area contributed by atoms with E-state index < -0.39 is 0 Å². The van der Waals surface area contributed by atoms with Crippen molar-refractivity contribution in [1.29, 1.82) is 0 Å². The van der Waals surface area contributed by atoms with Crippen molar-refractivity contribution < 1.29 is 9.53 Å². The van der Waals surface area contributed by atoms with Crippen molar-refractivity contribution in [3.63, 3.8) is 0 Å². The zero-order chi connectivity index (χ0) is 9.84. The van der Waals surface area contributed by atoms with E-state index in [0.717, 1.165) is 5.69 Å². The molecule has 0 saturated carbocycles. The zero-order valence-corrected chi connectivity index (χ0v) is 7.86. The highest BCUT2D eigenvalue weighted by atomic mass is 16.5. The summed E-state index contributed by atoms with van der Waals surface area (Å²) in [5.41, 5.74) is 6.38. The fourth-order valence-electron chi connectivity index (χ4n) is 1.32. The predicted octanol–water partition coefficient (Wildman–Crippen LogP) is 0.240. The van der Waals surface area contributed by atoms with Crippen molar-refractivity contribution in [1.82, 2.24) is 4.57 Å². The minimum absolute atomic E-state index is 0.268. The quantitative estimate of drug-likeness (QED) is 0.681. The summed E-state index contributed by atoms with van der Waals surface area (Å²) in [6.07, 6.45) is 1.88. The molecule has 0 aliphatic carbocycles. The molecule has 1 unspecified atom stereocenters. The molecule has 1 aromatic heterocycles. The molecular weight excluding hydrogens is 168 g/mol. The molecule has 13 heavy (non-hydrogen) atoms. The Morgan fingerprint density at radius 1 is 1.77 bits per heavy atom. The van der Waals surface area contributed by atoms with Crippen molar-refractivity contribution in [3.8, 4) is 0 Å². The van der Waals surface area contributed by atoms with Gasteiger partial charge >= 0.3 is 5.97 Å². The average molecular weight is 182 g/mol. The lowest BCUT2D eigenvalue weighted by molar-refractivity contribution is -0.142. The lowest BCUT2D eigenvalue weighted by Gasteiger charge is -2.12. The lowest BCUT2D eigenvalue weighted by atomic mass is 10.1. The molecule has 0 aliphatic heterocycles. The number of ether oxygens (including phenoxy) is 1. The van der Waals surface area contributed by atoms with Gasteiger partial charge in [-0.3, -0.25) is 4.79 Å². The molecular formula is C9H14N2O2. The number of rotatable bonds is 3. The smallest absolute Gasteiger partial charge is 0.315 e. The van der Waals surface area contributed by atoms with E-state index in [1.54, 1.807) is 0 Å². The summed E-state index contributed by atoms with van der Waals surface area (Å²) in [6, 6.07) is 3.75. The molecule has 0 radical (unpaired) electrons. The molecule has 2 N–H and O–H groups in total. The minimum atomic E-state index is -0.356. The van der Waals surface area contributed by atoms with Crippen LogP contribution in [-0.2, 0) is 16.6 Å². The molecule has 0 amide bonds. The second kappa shape index (κ2) is 4.09. The molecule has 0 bridgehead atoms. The number of carbonyl (C=O) groups is 1. The molecule has 72 valence electrons. The first-order valence-corrected chi connectivity index (χ1v) is 4.09. The van der Waals surface area contributed by atoms with Crippen LogP contribution in [0, 0.1) is 0 Å². The number of hydrogen-bond donors (Lipinski definition) is 1. The van der Waals surface area contributed by atoms with E-state index in [4.69, 9.17) is 5.73 Å². The first-order valence-electron chi connectivity index (χ1n) is 4.09. The molecule has 4 heteroatoms. The van der Waals surface area contributed by atoms with Crippen LogP contribution in [0.1, 0.15) is 11.6 Å². The third-order valence-electron chi connectivity index (χ3n) is 2.06. The first-order chi connectivity index (χ1) is 6.20. The maximum atomic E-state index is 11.3. The highest BCUT2D eigenvalue weighted by molar-refractivity contribution is 5.77. The summed E-state index contributed by atoms with van der Waals surface area (Å²) in [7, 11) is 3.24. The van der Waals surface area contributed by atoms with Crippen LogP contribution in [0.3, 0.4) is 0 Å². The number of nitrogens with two attached hydrogens (primary N) is 1. The minimum Gasteiger partial charge on any atom is -0.468 e. The summed E-state index contributed by atoms with van der Waals surface area (Å²) >= 11 is 0. The number of methoxy groups -OCH3 is 1. The van der Waals surface area contributed by atoms with Crippen molar-refractivity contribution in [2.75, 3.05) is 13.7 Å². The number of nitrogens with zero attached hydrogens (tertiary/aromatic N) is 1. The van der Waals surface area contributed by atoms with Gasteiger partial charge in [0.1, 0.15) is 5.92 Å². The molecule has 4 nitrogen and oxygen atoms in total. The van der Waals surface area contributed by atoms with Gasteiger partial charge in [-0.2, -0.15) is 0 Å². The van der Waals surface area contributed by atoms with Crippen LogP contribution in [0.5, 0.6) is 0 Å². The third kappa shape index (κ3) is 1.89. The van der Waals surface area contributed by atoms with E-state index in [0.29, 0.717) is 0 Å². The standard InChI is InChI=1S/C9H14N2O2/c1-11-5-3-4-8(11)7(6-10)9(12)13-2/h3-5,7H,6,10H2,1-2H3. The Morgan fingerprint density at radius 2 is 2.46 bits per heavy atom. The van der Waals surface area contributed by atoms with Crippen LogP contribution < -0.4 is 5.73 Å². The van der Waals surface area contributed by atoms with Gasteiger partial charge in [-0.05, 0) is 12.1 Å². The highest BCUT2D eigenvalue weighted by Gasteiger charge is 2.21. The zero-order valence-electron chi connectivity index (χ0n) is 7.86. The van der Waals surface area contributed by atoms with Crippen LogP contribution in [0.25, 0.3) is 0 Å². The van der Waals surface area contributed by atoms with Gasteiger partial charge in [-0.25, -0.2) is 0 Å². The van der Waals surface area contributed by atoms with E-state index in [9.17, 15) is 4.79 Å². The predicted molar refractivity (Wildman–Crippen MR) is 49.2 cm³/mol. The summed E-state index contributed by atoms with van der Waals surface area (Å²) in [6.45, 7) is 0.268. The van der Waals surface area contributed by atoms with E-state index in [2.05, 4.69) is 4.74 Å². The van der Waals surface area contributed by atoms with Crippen molar-refractivity contribution in [2.24, 2.45) is 12.8 Å². The van der Waals surface area contributed by atoms with Crippen molar-refractivity contribution in [2.45, 2.75) is 5.92 Å². The maximum Gasteiger partial charge on any atom is 0.315 e. The largest absolute Gasteiger partial charge is 0.468 e. The van der Waals surface area contributed by atoms with E-state index in [-0.39, 0.29) is 18.4 Å². The topological polar surface area (TPSA) is 57.2 Å². The number of aryl methyl sites for hydroxylation is 1. The van der Waals surface area contributed by atoms with Crippen LogP contribution in [-0.4, -0.2) is 24.2 Å². The van der Waals surface area contributed by atoms with Crippen LogP contribution in [0.2, 0.25) is 0 Å². The van der Waals surface area contributed by atoms with Gasteiger partial charge in [0.25, 0.3) is 0 Å². The van der Waals surface area contributed by atoms with Gasteiger partial charge in [0.15, 0.2) is 0 Å². The molecule has 0 aromatic carbocycles. The molecule has 0 saturated heterocycles. The van der Waals surface area contributed by atoms with Gasteiger partial charge in [-0.15, -0.1) is 0 Å². The van der Waals surface area contributed by atoms with Gasteiger partial charge < -0.3 is 15.0 Å². The second-order valence-corrected chi connectivity index (χ2v) is 2.86. The van der Waals surface area contributed by atoms with Crippen LogP contribution in [0.15, 0.2) is 18.3 Å². The van der Waals surface area contributed by atoms with E-state index in [1.807, 2.05) is 29.9 Å². The molecule has 1 aromatic rings. The summed E-state index contributed by atoms with van der Waals surface area (Å²) < 4.78 is 6.52. The maximum absolute atomic E-state index is 11.3. The fourth-order valence-corrected chi connectivity index (χ4v) is 1.32. The van der Waals surface area contributed by atoms with Crippen LogP contribution in [0.4, 0.5) is 0 Å². The molecule has 0 spiro atoms. The number of carbonyl (C=O) groups excluding carboxylic acids is 1. The Kier molecular flexibility index (Phi) is 3.08. The van der Waals surface area contributed by atoms with E-state index >= 15 is 0 Å². The van der Waals surface area contributed by atoms with Gasteiger partial charge in [0.05, 0.1) is 7.11 Å². The monoisotopic (exact) mass is 182 g/mol. The Bertz CT molecular complexity index is 294. The third-order valence-corrected chi connectivity index (χ3v) is 2.06. The summed E-state index contributed by atoms with van der Waals surface area (Å²) in [5.74, 6) is -0.644. The Balaban J connectivity index is 2.90. The summed E-state index contributed by atoms with van der Waals surface area (Å²) in [4.78, 5) is 11.3. The molecule has 1 rings (SSSR count). The second-order valence-electron chi connectivity index (χ2n) is 2.86. The lowest BCUT2D eigenvalue weighted by Crippen LogP contribution is -2.24. The van der Waals surface area contributed by atoms with Gasteiger partial charge in [-0.1, -0.05) is 0 Å². The SMILES string of the molecule is COC(=O)C(CN)c1cccn1C. The fraction of sp³-hybridized carbons (Fsp3) is 0.444. The average Bonchev–Trinajstić information content (AvgIpc) is 2.53. The summed E-state index contributed by atoms with van der Waals surface area (Å²) in [5, 5.41) is 0. The normalized spacial score (nSPS) is 12.5. The number of aromatic nitrogens is 1. The van der Waals surface area contributed by atoms with Crippen molar-refractivity contribution >= 4 is 5.97 Å².